The van der Waals surface area contributed by atoms with E-state index in [1.807, 2.05) is 12.3 Å². The molecule has 0 spiro atoms. The first-order chi connectivity index (χ1) is 8.22. The summed E-state index contributed by atoms with van der Waals surface area (Å²) in [7, 11) is 0. The Morgan fingerprint density at radius 1 is 1.35 bits per heavy atom. The van der Waals surface area contributed by atoms with Gasteiger partial charge in [0, 0.05) is 29.0 Å². The van der Waals surface area contributed by atoms with E-state index in [-0.39, 0.29) is 5.41 Å². The van der Waals surface area contributed by atoms with E-state index in [1.54, 1.807) is 6.20 Å². The fourth-order valence-electron chi connectivity index (χ4n) is 3.21. The monoisotopic (exact) mass is 291 g/mol. The van der Waals surface area contributed by atoms with Crippen LogP contribution in [0.2, 0.25) is 0 Å². The lowest BCUT2D eigenvalue weighted by molar-refractivity contribution is 0.304. The number of hydrogen-bond donors (Lipinski definition) is 1. The molecule has 1 aromatic rings. The van der Waals surface area contributed by atoms with Gasteiger partial charge in [-0.2, -0.15) is 5.26 Å². The third-order valence-corrected chi connectivity index (χ3v) is 4.43. The highest BCUT2D eigenvalue weighted by Crippen LogP contribution is 2.42. The van der Waals surface area contributed by atoms with E-state index in [0.29, 0.717) is 12.1 Å². The molecule has 1 aromatic heterocycles. The number of piperidine rings is 1. The minimum atomic E-state index is -0.339. The molecule has 2 bridgehead atoms. The normalized spacial score (nSPS) is 35.5. The Balaban J connectivity index is 2.00. The van der Waals surface area contributed by atoms with E-state index in [2.05, 4.69) is 32.3 Å². The number of aromatic nitrogens is 1. The van der Waals surface area contributed by atoms with Crippen LogP contribution < -0.4 is 5.32 Å². The fraction of sp³-hybridized carbons (Fsp3) is 0.538. The lowest BCUT2D eigenvalue weighted by Gasteiger charge is -2.36. The molecule has 2 atom stereocenters. The van der Waals surface area contributed by atoms with Gasteiger partial charge in [0.2, 0.25) is 0 Å². The molecule has 0 aliphatic carbocycles. The number of rotatable bonds is 1. The van der Waals surface area contributed by atoms with Crippen LogP contribution in [0.4, 0.5) is 0 Å². The van der Waals surface area contributed by atoms with Crippen LogP contribution in [0.25, 0.3) is 0 Å². The average molecular weight is 292 g/mol. The van der Waals surface area contributed by atoms with Crippen molar-refractivity contribution in [3.63, 3.8) is 0 Å². The first-order valence-corrected chi connectivity index (χ1v) is 6.79. The van der Waals surface area contributed by atoms with Gasteiger partial charge >= 0.3 is 0 Å². The van der Waals surface area contributed by atoms with Gasteiger partial charge in [-0.25, -0.2) is 0 Å². The number of nitriles is 1. The Morgan fingerprint density at radius 3 is 2.65 bits per heavy atom. The predicted molar refractivity (Wildman–Crippen MR) is 68.4 cm³/mol. The zero-order chi connectivity index (χ0) is 11.9. The Bertz CT molecular complexity index is 468. The van der Waals surface area contributed by atoms with Crippen molar-refractivity contribution in [3.8, 4) is 6.07 Å². The van der Waals surface area contributed by atoms with Crippen LogP contribution in [0, 0.1) is 11.3 Å². The molecule has 0 saturated carbocycles. The second kappa shape index (κ2) is 4.08. The van der Waals surface area contributed by atoms with Gasteiger partial charge in [0.15, 0.2) is 0 Å². The minimum absolute atomic E-state index is 0.339. The summed E-state index contributed by atoms with van der Waals surface area (Å²) in [6.45, 7) is 0. The number of nitrogens with zero attached hydrogens (tertiary/aromatic N) is 2. The van der Waals surface area contributed by atoms with Gasteiger partial charge < -0.3 is 5.32 Å². The zero-order valence-corrected chi connectivity index (χ0v) is 11.1. The summed E-state index contributed by atoms with van der Waals surface area (Å²) >= 11 is 3.44. The third kappa shape index (κ3) is 1.88. The first-order valence-electron chi connectivity index (χ1n) is 6.00. The van der Waals surface area contributed by atoms with Crippen molar-refractivity contribution in [2.24, 2.45) is 0 Å². The summed E-state index contributed by atoms with van der Waals surface area (Å²) in [5.74, 6) is 0. The van der Waals surface area contributed by atoms with Gasteiger partial charge in [-0.05, 0) is 53.2 Å². The van der Waals surface area contributed by atoms with Crippen molar-refractivity contribution in [3.05, 3.63) is 28.5 Å². The molecule has 2 saturated heterocycles. The molecular formula is C13H14BrN3. The molecule has 4 heteroatoms. The molecule has 3 rings (SSSR count). The van der Waals surface area contributed by atoms with E-state index in [1.165, 1.54) is 12.8 Å². The zero-order valence-electron chi connectivity index (χ0n) is 9.49. The van der Waals surface area contributed by atoms with Gasteiger partial charge in [0.05, 0.1) is 11.5 Å². The van der Waals surface area contributed by atoms with Gasteiger partial charge in [-0.1, -0.05) is 0 Å². The maximum absolute atomic E-state index is 9.63. The maximum atomic E-state index is 9.63. The van der Waals surface area contributed by atoms with Gasteiger partial charge in [-0.15, -0.1) is 0 Å². The Morgan fingerprint density at radius 2 is 2.06 bits per heavy atom. The lowest BCUT2D eigenvalue weighted by Crippen LogP contribution is -2.46. The van der Waals surface area contributed by atoms with Crippen LogP contribution in [-0.2, 0) is 5.41 Å². The fourth-order valence-corrected chi connectivity index (χ4v) is 3.58. The van der Waals surface area contributed by atoms with E-state index < -0.39 is 0 Å². The summed E-state index contributed by atoms with van der Waals surface area (Å²) in [5, 5.41) is 13.2. The molecule has 2 unspecified atom stereocenters. The third-order valence-electron chi connectivity index (χ3n) is 4.00. The van der Waals surface area contributed by atoms with Crippen molar-refractivity contribution in [2.75, 3.05) is 0 Å². The molecule has 3 heterocycles. The topological polar surface area (TPSA) is 48.7 Å². The number of fused-ring (bicyclic) bond motifs is 2. The maximum Gasteiger partial charge on any atom is 0.0867 e. The average Bonchev–Trinajstić information content (AvgIpc) is 2.69. The van der Waals surface area contributed by atoms with Crippen LogP contribution in [0.5, 0.6) is 0 Å². The minimum Gasteiger partial charge on any atom is -0.311 e. The van der Waals surface area contributed by atoms with Crippen LogP contribution in [0.3, 0.4) is 0 Å². The number of hydrogen-bond acceptors (Lipinski definition) is 3. The van der Waals surface area contributed by atoms with E-state index in [4.69, 9.17) is 0 Å². The summed E-state index contributed by atoms with van der Waals surface area (Å²) in [5.41, 5.74) is 0.723. The molecule has 3 nitrogen and oxygen atoms in total. The lowest BCUT2D eigenvalue weighted by atomic mass is 9.72. The highest BCUT2D eigenvalue weighted by Gasteiger charge is 2.45. The van der Waals surface area contributed by atoms with E-state index in [0.717, 1.165) is 22.9 Å². The second-order valence-corrected chi connectivity index (χ2v) is 6.05. The number of pyridine rings is 1. The van der Waals surface area contributed by atoms with Crippen molar-refractivity contribution >= 4 is 15.9 Å². The van der Waals surface area contributed by atoms with E-state index in [9.17, 15) is 5.26 Å². The summed E-state index contributed by atoms with van der Waals surface area (Å²) in [6, 6.07) is 5.62. The van der Waals surface area contributed by atoms with Gasteiger partial charge in [0.25, 0.3) is 0 Å². The molecule has 2 fully saturated rings. The number of nitrogens with one attached hydrogen (secondary N) is 1. The quantitative estimate of drug-likeness (QED) is 0.865. The largest absolute Gasteiger partial charge is 0.311 e. The van der Waals surface area contributed by atoms with Gasteiger partial charge in [0.1, 0.15) is 0 Å². The smallest absolute Gasteiger partial charge is 0.0867 e. The number of halogens is 1. The molecule has 2 aliphatic heterocycles. The molecule has 17 heavy (non-hydrogen) atoms. The Hall–Kier alpha value is -0.920. The molecule has 1 N–H and O–H groups in total. The summed E-state index contributed by atoms with van der Waals surface area (Å²) < 4.78 is 0.954. The highest BCUT2D eigenvalue weighted by molar-refractivity contribution is 9.10. The highest BCUT2D eigenvalue weighted by atomic mass is 79.9. The first kappa shape index (κ1) is 11.2. The van der Waals surface area contributed by atoms with Crippen molar-refractivity contribution in [1.29, 1.82) is 5.26 Å². The molecule has 0 radical (unpaired) electrons. The standard InChI is InChI=1S/C13H14BrN3/c14-10-3-9(6-16-7-10)13(8-15)4-11-1-2-12(5-13)17-11/h3,6-7,11-12,17H,1-2,4-5H2. The van der Waals surface area contributed by atoms with Crippen LogP contribution >= 0.6 is 15.9 Å². The van der Waals surface area contributed by atoms with Crippen LogP contribution in [0.1, 0.15) is 31.2 Å². The van der Waals surface area contributed by atoms with Crippen molar-refractivity contribution in [2.45, 2.75) is 43.2 Å². The molecule has 88 valence electrons. The molecule has 2 aliphatic rings. The summed E-state index contributed by atoms with van der Waals surface area (Å²) in [4.78, 5) is 4.20. The van der Waals surface area contributed by atoms with Crippen molar-refractivity contribution < 1.29 is 0 Å². The molecule has 0 aromatic carbocycles. The molecule has 0 amide bonds. The molecular weight excluding hydrogens is 278 g/mol. The predicted octanol–water partition coefficient (Wildman–Crippen LogP) is 2.52. The Labute approximate surface area is 109 Å². The van der Waals surface area contributed by atoms with Crippen LogP contribution in [0.15, 0.2) is 22.9 Å². The van der Waals surface area contributed by atoms with E-state index >= 15 is 0 Å². The second-order valence-electron chi connectivity index (χ2n) is 5.13. The summed E-state index contributed by atoms with van der Waals surface area (Å²) in [6.07, 6.45) is 7.85. The SMILES string of the molecule is N#CC1(c2cncc(Br)c2)CC2CCC(C1)N2. The van der Waals surface area contributed by atoms with Crippen molar-refractivity contribution in [1.82, 2.24) is 10.3 Å². The van der Waals surface area contributed by atoms with Crippen LogP contribution in [-0.4, -0.2) is 17.1 Å². The Kier molecular flexibility index (Phi) is 2.68. The van der Waals surface area contributed by atoms with Gasteiger partial charge in [-0.3, -0.25) is 4.98 Å².